The van der Waals surface area contributed by atoms with Crippen molar-refractivity contribution < 1.29 is 28.5 Å². The molecule has 2 atom stereocenters. The Morgan fingerprint density at radius 2 is 2.12 bits per heavy atom. The lowest BCUT2D eigenvalue weighted by Crippen LogP contribution is -2.32. The second kappa shape index (κ2) is 4.80. The molecule has 2 unspecified atom stereocenters. The molecule has 6 nitrogen and oxygen atoms in total. The van der Waals surface area contributed by atoms with Gasteiger partial charge in [-0.3, -0.25) is 9.59 Å². The van der Waals surface area contributed by atoms with Gasteiger partial charge in [0, 0.05) is 6.92 Å². The van der Waals surface area contributed by atoms with E-state index in [9.17, 15) is 9.59 Å². The van der Waals surface area contributed by atoms with Gasteiger partial charge in [0.2, 0.25) is 0 Å². The largest absolute Gasteiger partial charge is 0.462 e. The fourth-order valence-corrected chi connectivity index (χ4v) is 1.88. The number of cyclic esters (lactones) is 1. The predicted molar refractivity (Wildman–Crippen MR) is 50.3 cm³/mol. The molecule has 90 valence electrons. The maximum Gasteiger partial charge on any atom is 0.306 e. The van der Waals surface area contributed by atoms with Crippen LogP contribution in [0.5, 0.6) is 0 Å². The van der Waals surface area contributed by atoms with Crippen molar-refractivity contribution in [1.29, 1.82) is 0 Å². The molecule has 2 heterocycles. The van der Waals surface area contributed by atoms with Gasteiger partial charge in [-0.1, -0.05) is 0 Å². The van der Waals surface area contributed by atoms with Crippen molar-refractivity contribution >= 4 is 11.9 Å². The second-order valence-corrected chi connectivity index (χ2v) is 3.81. The lowest BCUT2D eigenvalue weighted by Gasteiger charge is -2.21. The highest BCUT2D eigenvalue weighted by molar-refractivity contribution is 5.72. The van der Waals surface area contributed by atoms with Gasteiger partial charge >= 0.3 is 11.9 Å². The third-order valence-corrected chi connectivity index (χ3v) is 2.61. The number of hydrogen-bond acceptors (Lipinski definition) is 6. The first-order chi connectivity index (χ1) is 7.66. The molecule has 2 saturated heterocycles. The first-order valence-electron chi connectivity index (χ1n) is 5.23. The summed E-state index contributed by atoms with van der Waals surface area (Å²) in [7, 11) is 0. The molecule has 6 heteroatoms. The highest BCUT2D eigenvalue weighted by atomic mass is 16.7. The molecule has 0 saturated carbocycles. The molecule has 0 bridgehead atoms. The molecule has 0 N–H and O–H groups in total. The number of ether oxygens (including phenoxy) is 4. The summed E-state index contributed by atoms with van der Waals surface area (Å²) in [6.07, 6.45) is -0.636. The van der Waals surface area contributed by atoms with E-state index < -0.39 is 18.4 Å². The third kappa shape index (κ3) is 2.51. The molecule has 2 aliphatic heterocycles. The quantitative estimate of drug-likeness (QED) is 0.628. The van der Waals surface area contributed by atoms with Gasteiger partial charge in [-0.15, -0.1) is 0 Å². The minimum atomic E-state index is -0.459. The summed E-state index contributed by atoms with van der Waals surface area (Å²) in [6, 6.07) is 0. The molecular formula is C10H14O6. The van der Waals surface area contributed by atoms with Crippen LogP contribution in [-0.2, 0) is 28.5 Å². The van der Waals surface area contributed by atoms with E-state index in [2.05, 4.69) is 0 Å². The van der Waals surface area contributed by atoms with Gasteiger partial charge in [-0.2, -0.15) is 0 Å². The maximum absolute atomic E-state index is 11.2. The van der Waals surface area contributed by atoms with E-state index in [1.807, 2.05) is 0 Å². The molecule has 2 aliphatic rings. The molecule has 2 rings (SSSR count). The Kier molecular flexibility index (Phi) is 3.40. The summed E-state index contributed by atoms with van der Waals surface area (Å²) in [6.45, 7) is 2.43. The summed E-state index contributed by atoms with van der Waals surface area (Å²) < 4.78 is 20.6. The Bertz CT molecular complexity index is 283. The number of rotatable bonds is 3. The Labute approximate surface area is 92.8 Å². The average molecular weight is 230 g/mol. The topological polar surface area (TPSA) is 71.1 Å². The van der Waals surface area contributed by atoms with Crippen LogP contribution in [0.3, 0.4) is 0 Å². The smallest absolute Gasteiger partial charge is 0.306 e. The number of carbonyl (C=O) groups is 2. The normalized spacial score (nSPS) is 30.4. The second-order valence-electron chi connectivity index (χ2n) is 3.81. The first kappa shape index (κ1) is 11.3. The standard InChI is InChI=1S/C10H14O6/c1-6(11)15-5-8-7(4-9(12)16-8)10-13-2-3-14-10/h7-8,10H,2-5H2,1H3. The zero-order valence-corrected chi connectivity index (χ0v) is 9.01. The van der Waals surface area contributed by atoms with Crippen LogP contribution in [0.1, 0.15) is 13.3 Å². The molecule has 2 fully saturated rings. The van der Waals surface area contributed by atoms with Crippen molar-refractivity contribution in [2.24, 2.45) is 5.92 Å². The van der Waals surface area contributed by atoms with Crippen LogP contribution in [0.4, 0.5) is 0 Å². The lowest BCUT2D eigenvalue weighted by atomic mass is 10.0. The Balaban J connectivity index is 1.92. The zero-order chi connectivity index (χ0) is 11.5. The van der Waals surface area contributed by atoms with Gasteiger partial charge in [-0.25, -0.2) is 0 Å². The van der Waals surface area contributed by atoms with Crippen molar-refractivity contribution in [2.75, 3.05) is 19.8 Å². The lowest BCUT2D eigenvalue weighted by molar-refractivity contribution is -0.155. The van der Waals surface area contributed by atoms with Crippen LogP contribution in [0.25, 0.3) is 0 Å². The predicted octanol–water partition coefficient (Wildman–Crippen LogP) is -0.146. The van der Waals surface area contributed by atoms with Gasteiger partial charge in [0.1, 0.15) is 12.7 Å². The minimum absolute atomic E-state index is 0.0644. The average Bonchev–Trinajstić information content (AvgIpc) is 2.82. The summed E-state index contributed by atoms with van der Waals surface area (Å²) in [5.41, 5.74) is 0. The van der Waals surface area contributed by atoms with Crippen LogP contribution in [0, 0.1) is 5.92 Å². The molecule has 0 spiro atoms. The van der Waals surface area contributed by atoms with E-state index in [1.54, 1.807) is 0 Å². The molecule has 0 aromatic rings. The summed E-state index contributed by atoms with van der Waals surface area (Å²) in [5, 5.41) is 0. The highest BCUT2D eigenvalue weighted by Gasteiger charge is 2.43. The van der Waals surface area contributed by atoms with Gasteiger partial charge in [0.15, 0.2) is 6.29 Å². The fraction of sp³-hybridized carbons (Fsp3) is 0.800. The van der Waals surface area contributed by atoms with Gasteiger partial charge in [0.05, 0.1) is 25.6 Å². The van der Waals surface area contributed by atoms with E-state index in [4.69, 9.17) is 18.9 Å². The fourth-order valence-electron chi connectivity index (χ4n) is 1.88. The SMILES string of the molecule is CC(=O)OCC1OC(=O)CC1C1OCCO1. The van der Waals surface area contributed by atoms with E-state index >= 15 is 0 Å². The van der Waals surface area contributed by atoms with Gasteiger partial charge < -0.3 is 18.9 Å². The van der Waals surface area contributed by atoms with Gasteiger partial charge in [0.25, 0.3) is 0 Å². The third-order valence-electron chi connectivity index (χ3n) is 2.61. The number of esters is 2. The number of carbonyl (C=O) groups excluding carboxylic acids is 2. The highest BCUT2D eigenvalue weighted by Crippen LogP contribution is 2.29. The molecule has 0 radical (unpaired) electrons. The summed E-state index contributed by atoms with van der Waals surface area (Å²) >= 11 is 0. The zero-order valence-electron chi connectivity index (χ0n) is 9.01. The summed E-state index contributed by atoms with van der Waals surface area (Å²) in [4.78, 5) is 21.9. The Morgan fingerprint density at radius 3 is 2.75 bits per heavy atom. The Morgan fingerprint density at radius 1 is 1.44 bits per heavy atom. The molecule has 0 aromatic carbocycles. The first-order valence-corrected chi connectivity index (χ1v) is 5.23. The van der Waals surface area contributed by atoms with E-state index in [0.29, 0.717) is 13.2 Å². The van der Waals surface area contributed by atoms with Gasteiger partial charge in [-0.05, 0) is 0 Å². The minimum Gasteiger partial charge on any atom is -0.462 e. The number of hydrogen-bond donors (Lipinski definition) is 0. The van der Waals surface area contributed by atoms with E-state index in [1.165, 1.54) is 6.92 Å². The van der Waals surface area contributed by atoms with Crippen LogP contribution < -0.4 is 0 Å². The summed E-state index contributed by atoms with van der Waals surface area (Å²) in [5.74, 6) is -0.884. The molecule has 0 aliphatic carbocycles. The molecule has 0 aromatic heterocycles. The van der Waals surface area contributed by atoms with Crippen molar-refractivity contribution in [2.45, 2.75) is 25.7 Å². The molecule has 0 amide bonds. The van der Waals surface area contributed by atoms with Crippen molar-refractivity contribution in [1.82, 2.24) is 0 Å². The monoisotopic (exact) mass is 230 g/mol. The molecule has 16 heavy (non-hydrogen) atoms. The van der Waals surface area contributed by atoms with Crippen LogP contribution in [-0.4, -0.2) is 44.2 Å². The van der Waals surface area contributed by atoms with Crippen molar-refractivity contribution in [3.05, 3.63) is 0 Å². The van der Waals surface area contributed by atoms with E-state index in [0.717, 1.165) is 0 Å². The molecular weight excluding hydrogens is 216 g/mol. The van der Waals surface area contributed by atoms with Crippen LogP contribution in [0.15, 0.2) is 0 Å². The van der Waals surface area contributed by atoms with Crippen LogP contribution >= 0.6 is 0 Å². The maximum atomic E-state index is 11.2. The van der Waals surface area contributed by atoms with Crippen molar-refractivity contribution in [3.63, 3.8) is 0 Å². The van der Waals surface area contributed by atoms with Crippen molar-refractivity contribution in [3.8, 4) is 0 Å². The van der Waals surface area contributed by atoms with Crippen LogP contribution in [0.2, 0.25) is 0 Å². The Hall–Kier alpha value is -1.14. The van der Waals surface area contributed by atoms with E-state index in [-0.39, 0.29) is 24.9 Å².